The van der Waals surface area contributed by atoms with Gasteiger partial charge in [-0.15, -0.1) is 0 Å². The van der Waals surface area contributed by atoms with Crippen LogP contribution in [0.3, 0.4) is 0 Å². The summed E-state index contributed by atoms with van der Waals surface area (Å²) in [6.45, 7) is 5.25. The second-order valence-electron chi connectivity index (χ2n) is 8.66. The third kappa shape index (κ3) is 7.92. The number of nitrogens with one attached hydrogen (secondary N) is 1. The van der Waals surface area contributed by atoms with Crippen LogP contribution < -0.4 is 5.32 Å². The molecule has 1 aliphatic rings. The van der Waals surface area contributed by atoms with Crippen molar-refractivity contribution in [3.8, 4) is 0 Å². The van der Waals surface area contributed by atoms with Gasteiger partial charge in [0.1, 0.15) is 5.78 Å². The Balaban J connectivity index is 2.56. The average Bonchev–Trinajstić information content (AvgIpc) is 2.96. The highest BCUT2D eigenvalue weighted by Crippen LogP contribution is 2.35. The molecular formula is C23H39NO5. The third-order valence-corrected chi connectivity index (χ3v) is 6.42. The molecule has 0 aromatic rings. The van der Waals surface area contributed by atoms with Crippen LogP contribution in [0.4, 0.5) is 0 Å². The largest absolute Gasteiger partial charge is 0.479 e. The van der Waals surface area contributed by atoms with Crippen LogP contribution in [0.1, 0.15) is 85.0 Å². The summed E-state index contributed by atoms with van der Waals surface area (Å²) in [5.41, 5.74) is -1.73. The van der Waals surface area contributed by atoms with Gasteiger partial charge >= 0.3 is 5.97 Å². The zero-order chi connectivity index (χ0) is 21.9. The molecule has 6 heteroatoms. The lowest BCUT2D eigenvalue weighted by molar-refractivity contribution is -0.162. The molecule has 2 unspecified atom stereocenters. The van der Waals surface area contributed by atoms with E-state index < -0.39 is 11.6 Å². The molecule has 0 spiro atoms. The maximum Gasteiger partial charge on any atom is 0.335 e. The zero-order valence-electron chi connectivity index (χ0n) is 18.2. The number of rotatable bonds is 15. The van der Waals surface area contributed by atoms with E-state index in [1.165, 1.54) is 26.2 Å². The molecule has 3 N–H and O–H groups in total. The van der Waals surface area contributed by atoms with Crippen molar-refractivity contribution in [1.29, 1.82) is 0 Å². The SMILES string of the molecule is CCCCCCC=C[C@H]1[C@H](NC=O)CC(=O)[C@@H]1CCCCC(C)C(C)(O)C(=O)O. The smallest absolute Gasteiger partial charge is 0.335 e. The van der Waals surface area contributed by atoms with Gasteiger partial charge < -0.3 is 15.5 Å². The minimum absolute atomic E-state index is 0.0263. The standard InChI is InChI=1S/C23H39NO5/c1-4-5-6-7-8-9-13-18-19(21(26)15-20(18)24-16-25)14-11-10-12-17(2)23(3,29)22(27)28/h9,13,16-20,29H,4-8,10-12,14-15H2,1-3H3,(H,24,25)(H,27,28)/t17?,18-,19-,20-,23?/m1/s1. The molecule has 0 saturated heterocycles. The number of carbonyl (C=O) groups is 3. The first-order valence-corrected chi connectivity index (χ1v) is 11.1. The topological polar surface area (TPSA) is 104 Å². The van der Waals surface area contributed by atoms with Crippen molar-refractivity contribution in [2.24, 2.45) is 17.8 Å². The lowest BCUT2D eigenvalue weighted by Crippen LogP contribution is -2.41. The number of aliphatic carboxylic acids is 1. The number of carbonyl (C=O) groups excluding carboxylic acids is 2. The van der Waals surface area contributed by atoms with Crippen molar-refractivity contribution in [2.45, 2.75) is 96.6 Å². The van der Waals surface area contributed by atoms with Crippen LogP contribution in [0.2, 0.25) is 0 Å². The molecule has 0 aromatic heterocycles. The number of amides is 1. The van der Waals surface area contributed by atoms with Crippen LogP contribution in [0.5, 0.6) is 0 Å². The van der Waals surface area contributed by atoms with Gasteiger partial charge in [-0.1, -0.05) is 58.1 Å². The second kappa shape index (κ2) is 12.8. The summed E-state index contributed by atoms with van der Waals surface area (Å²) in [6, 6.07) is -0.136. The van der Waals surface area contributed by atoms with Gasteiger partial charge in [-0.25, -0.2) is 4.79 Å². The van der Waals surface area contributed by atoms with E-state index in [1.54, 1.807) is 6.92 Å². The minimum atomic E-state index is -1.73. The van der Waals surface area contributed by atoms with Crippen molar-refractivity contribution in [3.63, 3.8) is 0 Å². The number of carboxylic acids is 1. The zero-order valence-corrected chi connectivity index (χ0v) is 18.2. The highest BCUT2D eigenvalue weighted by molar-refractivity contribution is 5.85. The van der Waals surface area contributed by atoms with Crippen molar-refractivity contribution in [3.05, 3.63) is 12.2 Å². The van der Waals surface area contributed by atoms with Gasteiger partial charge in [-0.05, 0) is 38.5 Å². The molecule has 1 aliphatic carbocycles. The molecule has 0 heterocycles. The lowest BCUT2D eigenvalue weighted by atomic mass is 9.84. The number of hydrogen-bond donors (Lipinski definition) is 3. The summed E-state index contributed by atoms with van der Waals surface area (Å²) < 4.78 is 0. The summed E-state index contributed by atoms with van der Waals surface area (Å²) in [5, 5.41) is 21.9. The molecule has 0 radical (unpaired) electrons. The van der Waals surface area contributed by atoms with E-state index in [1.807, 2.05) is 0 Å². The van der Waals surface area contributed by atoms with Gasteiger partial charge in [0, 0.05) is 24.3 Å². The summed E-state index contributed by atoms with van der Waals surface area (Å²) in [6.07, 6.45) is 14.0. The van der Waals surface area contributed by atoms with E-state index in [2.05, 4.69) is 24.4 Å². The minimum Gasteiger partial charge on any atom is -0.479 e. The molecular weight excluding hydrogens is 370 g/mol. The average molecular weight is 410 g/mol. The number of ketones is 1. The van der Waals surface area contributed by atoms with Gasteiger partial charge in [-0.2, -0.15) is 0 Å². The molecule has 29 heavy (non-hydrogen) atoms. The predicted molar refractivity (Wildman–Crippen MR) is 113 cm³/mol. The van der Waals surface area contributed by atoms with E-state index in [0.29, 0.717) is 19.3 Å². The Hall–Kier alpha value is -1.69. The Morgan fingerprint density at radius 2 is 2.00 bits per heavy atom. The molecule has 0 aromatic carbocycles. The van der Waals surface area contributed by atoms with E-state index >= 15 is 0 Å². The summed E-state index contributed by atoms with van der Waals surface area (Å²) in [5.74, 6) is -1.45. The molecule has 166 valence electrons. The van der Waals surface area contributed by atoms with Gasteiger partial charge in [0.25, 0.3) is 0 Å². The molecule has 5 atom stereocenters. The van der Waals surface area contributed by atoms with Gasteiger partial charge in [-0.3, -0.25) is 9.59 Å². The molecule has 1 rings (SSSR count). The van der Waals surface area contributed by atoms with E-state index in [0.717, 1.165) is 32.1 Å². The first kappa shape index (κ1) is 25.3. The molecule has 0 aliphatic heterocycles. The number of hydrogen-bond acceptors (Lipinski definition) is 4. The van der Waals surface area contributed by atoms with Crippen LogP contribution >= 0.6 is 0 Å². The van der Waals surface area contributed by atoms with Crippen molar-refractivity contribution in [1.82, 2.24) is 5.32 Å². The Morgan fingerprint density at radius 3 is 2.62 bits per heavy atom. The van der Waals surface area contributed by atoms with Crippen molar-refractivity contribution < 1.29 is 24.6 Å². The highest BCUT2D eigenvalue weighted by atomic mass is 16.4. The number of unbranched alkanes of at least 4 members (excludes halogenated alkanes) is 5. The van der Waals surface area contributed by atoms with Crippen molar-refractivity contribution in [2.75, 3.05) is 0 Å². The first-order valence-electron chi connectivity index (χ1n) is 11.1. The fraction of sp³-hybridized carbons (Fsp3) is 0.783. The number of carboxylic acid groups (broad SMARTS) is 1. The van der Waals surface area contributed by atoms with E-state index in [-0.39, 0.29) is 29.6 Å². The summed E-state index contributed by atoms with van der Waals surface area (Å²) >= 11 is 0. The van der Waals surface area contributed by atoms with Gasteiger partial charge in [0.15, 0.2) is 5.60 Å². The summed E-state index contributed by atoms with van der Waals surface area (Å²) in [4.78, 5) is 34.6. The number of Topliss-reactive ketones (excluding diaryl/α,β-unsaturated/α-hetero) is 1. The molecule has 1 saturated carbocycles. The van der Waals surface area contributed by atoms with E-state index in [4.69, 9.17) is 5.11 Å². The van der Waals surface area contributed by atoms with E-state index in [9.17, 15) is 19.5 Å². The molecule has 0 bridgehead atoms. The van der Waals surface area contributed by atoms with Crippen LogP contribution in [0, 0.1) is 17.8 Å². The normalized spacial score (nSPS) is 25.1. The Labute approximate surface area is 175 Å². The Kier molecular flexibility index (Phi) is 11.2. The second-order valence-corrected chi connectivity index (χ2v) is 8.66. The van der Waals surface area contributed by atoms with Gasteiger partial charge in [0.05, 0.1) is 0 Å². The van der Waals surface area contributed by atoms with Crippen LogP contribution in [-0.2, 0) is 14.4 Å². The Bertz CT molecular complexity index is 557. The third-order valence-electron chi connectivity index (χ3n) is 6.42. The quantitative estimate of drug-likeness (QED) is 0.216. The molecule has 1 fully saturated rings. The van der Waals surface area contributed by atoms with Crippen LogP contribution in [0.15, 0.2) is 12.2 Å². The fourth-order valence-corrected chi connectivity index (χ4v) is 4.13. The van der Waals surface area contributed by atoms with Crippen molar-refractivity contribution >= 4 is 18.2 Å². The maximum absolute atomic E-state index is 12.5. The highest BCUT2D eigenvalue weighted by Gasteiger charge is 2.40. The molecule has 1 amide bonds. The lowest BCUT2D eigenvalue weighted by Gasteiger charge is -2.26. The summed E-state index contributed by atoms with van der Waals surface area (Å²) in [7, 11) is 0. The number of allylic oxidation sites excluding steroid dienone is 1. The first-order chi connectivity index (χ1) is 13.8. The fourth-order valence-electron chi connectivity index (χ4n) is 4.13. The molecule has 6 nitrogen and oxygen atoms in total. The predicted octanol–water partition coefficient (Wildman–Crippen LogP) is 3.86. The monoisotopic (exact) mass is 409 g/mol. The number of aliphatic hydroxyl groups is 1. The van der Waals surface area contributed by atoms with Crippen LogP contribution in [0.25, 0.3) is 0 Å². The van der Waals surface area contributed by atoms with Crippen LogP contribution in [-0.4, -0.2) is 40.0 Å². The van der Waals surface area contributed by atoms with Gasteiger partial charge in [0.2, 0.25) is 6.41 Å². The maximum atomic E-state index is 12.5. The Morgan fingerprint density at radius 1 is 1.28 bits per heavy atom.